The van der Waals surface area contributed by atoms with Gasteiger partial charge in [0.15, 0.2) is 5.69 Å². The van der Waals surface area contributed by atoms with Crippen molar-refractivity contribution < 1.29 is 27.8 Å². The molecule has 0 spiro atoms. The van der Waals surface area contributed by atoms with Crippen molar-refractivity contribution in [3.05, 3.63) is 47.5 Å². The number of aromatic nitrogens is 2. The summed E-state index contributed by atoms with van der Waals surface area (Å²) >= 11 is 0. The molecule has 0 aliphatic rings. The highest BCUT2D eigenvalue weighted by Gasteiger charge is 2.34. The fourth-order valence-corrected chi connectivity index (χ4v) is 1.59. The van der Waals surface area contributed by atoms with Gasteiger partial charge in [-0.2, -0.15) is 13.2 Å². The largest absolute Gasteiger partial charge is 0.487 e. The van der Waals surface area contributed by atoms with E-state index in [0.29, 0.717) is 0 Å². The van der Waals surface area contributed by atoms with E-state index in [1.165, 1.54) is 18.2 Å². The topological polar surface area (TPSA) is 75.2 Å². The minimum Gasteiger partial charge on any atom is -0.487 e. The Hall–Kier alpha value is -2.51. The van der Waals surface area contributed by atoms with Crippen LogP contribution in [0.15, 0.2) is 30.6 Å². The summed E-state index contributed by atoms with van der Waals surface area (Å²) < 4.78 is 43.2. The zero-order valence-corrected chi connectivity index (χ0v) is 9.94. The number of rotatable bonds is 4. The summed E-state index contributed by atoms with van der Waals surface area (Å²) in [6.07, 6.45) is -3.40. The molecule has 1 heterocycles. The number of carbonyl (C=O) groups is 1. The predicted octanol–water partition coefficient (Wildman–Crippen LogP) is 2.71. The van der Waals surface area contributed by atoms with Gasteiger partial charge in [0.25, 0.3) is 0 Å². The normalized spacial score (nSPS) is 11.3. The molecule has 20 heavy (non-hydrogen) atoms. The molecular weight excluding hydrogens is 277 g/mol. The standard InChI is InChI=1S/C12H9F3N2O3/c13-12(14,15)7-3-1-2-4-9(7)20-5-8-10(11(18)19)17-6-16-8/h1-4,6H,5H2,(H,16,17)(H,18,19). The molecule has 8 heteroatoms. The number of hydrogen-bond donors (Lipinski definition) is 2. The van der Waals surface area contributed by atoms with Crippen LogP contribution in [-0.4, -0.2) is 21.0 Å². The van der Waals surface area contributed by atoms with E-state index in [9.17, 15) is 18.0 Å². The lowest BCUT2D eigenvalue weighted by atomic mass is 10.2. The lowest BCUT2D eigenvalue weighted by molar-refractivity contribution is -0.139. The van der Waals surface area contributed by atoms with Crippen molar-refractivity contribution >= 4 is 5.97 Å². The molecular formula is C12H9F3N2O3. The third kappa shape index (κ3) is 2.90. The molecule has 0 saturated heterocycles. The Labute approximate surface area is 111 Å². The van der Waals surface area contributed by atoms with Gasteiger partial charge in [-0.1, -0.05) is 12.1 Å². The number of para-hydroxylation sites is 1. The monoisotopic (exact) mass is 286 g/mol. The van der Waals surface area contributed by atoms with Crippen LogP contribution in [0.25, 0.3) is 0 Å². The van der Waals surface area contributed by atoms with Crippen molar-refractivity contribution in [1.82, 2.24) is 9.97 Å². The van der Waals surface area contributed by atoms with E-state index in [-0.39, 0.29) is 23.7 Å². The molecule has 0 aliphatic carbocycles. The van der Waals surface area contributed by atoms with E-state index in [1.54, 1.807) is 0 Å². The first-order valence-electron chi connectivity index (χ1n) is 5.44. The average Bonchev–Trinajstić information content (AvgIpc) is 2.84. The van der Waals surface area contributed by atoms with Crippen molar-refractivity contribution in [2.45, 2.75) is 12.8 Å². The number of imidazole rings is 1. The minimum absolute atomic E-state index is 0.0921. The Morgan fingerprint density at radius 3 is 2.70 bits per heavy atom. The number of hydrogen-bond acceptors (Lipinski definition) is 3. The first-order valence-corrected chi connectivity index (χ1v) is 5.44. The van der Waals surface area contributed by atoms with Gasteiger partial charge in [0, 0.05) is 0 Å². The Bertz CT molecular complexity index is 622. The molecule has 0 atom stereocenters. The number of carboxylic acid groups (broad SMARTS) is 1. The van der Waals surface area contributed by atoms with Crippen LogP contribution < -0.4 is 4.74 Å². The van der Waals surface area contributed by atoms with Crippen LogP contribution in [0.5, 0.6) is 5.75 Å². The van der Waals surface area contributed by atoms with E-state index in [0.717, 1.165) is 12.4 Å². The molecule has 2 aromatic rings. The molecule has 0 saturated carbocycles. The summed E-state index contributed by atoms with van der Waals surface area (Å²) in [5.41, 5.74) is -1.11. The molecule has 0 aliphatic heterocycles. The molecule has 106 valence electrons. The van der Waals surface area contributed by atoms with Crippen molar-refractivity contribution in [3.8, 4) is 5.75 Å². The first-order chi connectivity index (χ1) is 9.39. The predicted molar refractivity (Wildman–Crippen MR) is 61.3 cm³/mol. The molecule has 0 amide bonds. The molecule has 0 bridgehead atoms. The van der Waals surface area contributed by atoms with Crippen LogP contribution in [-0.2, 0) is 12.8 Å². The number of carboxylic acids is 1. The summed E-state index contributed by atoms with van der Waals surface area (Å²) in [6, 6.07) is 4.70. The quantitative estimate of drug-likeness (QED) is 0.906. The molecule has 2 rings (SSSR count). The number of benzene rings is 1. The van der Waals surface area contributed by atoms with Gasteiger partial charge in [-0.05, 0) is 12.1 Å². The smallest absolute Gasteiger partial charge is 0.419 e. The van der Waals surface area contributed by atoms with Crippen LogP contribution in [0.3, 0.4) is 0 Å². The highest BCUT2D eigenvalue weighted by atomic mass is 19.4. The maximum absolute atomic E-state index is 12.7. The Balaban J connectivity index is 2.20. The average molecular weight is 286 g/mol. The summed E-state index contributed by atoms with van der Waals surface area (Å²) in [5, 5.41) is 8.82. The van der Waals surface area contributed by atoms with Crippen LogP contribution in [0.1, 0.15) is 21.7 Å². The van der Waals surface area contributed by atoms with Gasteiger partial charge in [0.1, 0.15) is 12.4 Å². The van der Waals surface area contributed by atoms with Gasteiger partial charge in [-0.25, -0.2) is 9.78 Å². The van der Waals surface area contributed by atoms with Gasteiger partial charge in [0.05, 0.1) is 17.6 Å². The van der Waals surface area contributed by atoms with Crippen molar-refractivity contribution in [1.29, 1.82) is 0 Å². The first kappa shape index (κ1) is 13.9. The van der Waals surface area contributed by atoms with Crippen LogP contribution in [0, 0.1) is 0 Å². The summed E-state index contributed by atoms with van der Waals surface area (Å²) in [4.78, 5) is 16.9. The fraction of sp³-hybridized carbons (Fsp3) is 0.167. The molecule has 1 aromatic heterocycles. The molecule has 1 aromatic carbocycles. The lowest BCUT2D eigenvalue weighted by Crippen LogP contribution is -2.10. The number of nitrogens with one attached hydrogen (secondary N) is 1. The Kier molecular flexibility index (Phi) is 3.64. The van der Waals surface area contributed by atoms with E-state index in [4.69, 9.17) is 9.84 Å². The number of ether oxygens (including phenoxy) is 1. The summed E-state index contributed by atoms with van der Waals surface area (Å²) in [6.45, 7) is -0.352. The van der Waals surface area contributed by atoms with E-state index < -0.39 is 17.7 Å². The molecule has 5 nitrogen and oxygen atoms in total. The van der Waals surface area contributed by atoms with Gasteiger partial charge < -0.3 is 14.8 Å². The number of H-pyrrole nitrogens is 1. The third-order valence-electron chi connectivity index (χ3n) is 2.49. The van der Waals surface area contributed by atoms with Crippen LogP contribution in [0.4, 0.5) is 13.2 Å². The molecule has 0 radical (unpaired) electrons. The number of aromatic carboxylic acids is 1. The lowest BCUT2D eigenvalue weighted by Gasteiger charge is -2.13. The number of alkyl halides is 3. The van der Waals surface area contributed by atoms with Gasteiger partial charge in [0.2, 0.25) is 0 Å². The second-order valence-electron chi connectivity index (χ2n) is 3.82. The summed E-state index contributed by atoms with van der Waals surface area (Å²) in [5.74, 6) is -1.65. The zero-order valence-electron chi connectivity index (χ0n) is 9.94. The zero-order chi connectivity index (χ0) is 14.8. The van der Waals surface area contributed by atoms with Crippen molar-refractivity contribution in [2.24, 2.45) is 0 Å². The van der Waals surface area contributed by atoms with Crippen molar-refractivity contribution in [2.75, 3.05) is 0 Å². The maximum atomic E-state index is 12.7. The highest BCUT2D eigenvalue weighted by Crippen LogP contribution is 2.36. The van der Waals surface area contributed by atoms with E-state index >= 15 is 0 Å². The van der Waals surface area contributed by atoms with Crippen molar-refractivity contribution in [3.63, 3.8) is 0 Å². The minimum atomic E-state index is -4.54. The molecule has 0 unspecified atom stereocenters. The Morgan fingerprint density at radius 1 is 1.35 bits per heavy atom. The Morgan fingerprint density at radius 2 is 2.05 bits per heavy atom. The van der Waals surface area contributed by atoms with Gasteiger partial charge >= 0.3 is 12.1 Å². The fourth-order valence-electron chi connectivity index (χ4n) is 1.59. The van der Waals surface area contributed by atoms with E-state index in [2.05, 4.69) is 9.97 Å². The number of aromatic amines is 1. The molecule has 2 N–H and O–H groups in total. The molecule has 0 fully saturated rings. The van der Waals surface area contributed by atoms with Crippen LogP contribution >= 0.6 is 0 Å². The summed E-state index contributed by atoms with van der Waals surface area (Å²) in [7, 11) is 0. The third-order valence-corrected chi connectivity index (χ3v) is 2.49. The maximum Gasteiger partial charge on any atom is 0.419 e. The highest BCUT2D eigenvalue weighted by molar-refractivity contribution is 5.86. The van der Waals surface area contributed by atoms with Gasteiger partial charge in [-0.3, -0.25) is 0 Å². The second kappa shape index (κ2) is 5.24. The van der Waals surface area contributed by atoms with Gasteiger partial charge in [-0.15, -0.1) is 0 Å². The van der Waals surface area contributed by atoms with Crippen LogP contribution in [0.2, 0.25) is 0 Å². The SMILES string of the molecule is O=C(O)c1nc[nH]c1COc1ccccc1C(F)(F)F. The number of nitrogens with zero attached hydrogens (tertiary/aromatic N) is 1. The second-order valence-corrected chi connectivity index (χ2v) is 3.82. The van der Waals surface area contributed by atoms with E-state index in [1.807, 2.05) is 0 Å². The number of halogens is 3.